The van der Waals surface area contributed by atoms with Gasteiger partial charge in [0.1, 0.15) is 0 Å². The molecule has 0 saturated heterocycles. The van der Waals surface area contributed by atoms with Crippen molar-refractivity contribution in [1.82, 2.24) is 0 Å². The molecular weight excluding hydrogens is 769 g/mol. The van der Waals surface area contributed by atoms with E-state index in [-0.39, 0.29) is 3.92 Å². The number of hydrogen-bond donors (Lipinski definition) is 0. The van der Waals surface area contributed by atoms with Crippen LogP contribution in [0.4, 0.5) is 0 Å². The van der Waals surface area contributed by atoms with Crippen molar-refractivity contribution in [3.63, 3.8) is 0 Å². The summed E-state index contributed by atoms with van der Waals surface area (Å²) in [7, 11) is 0. The van der Waals surface area contributed by atoms with E-state index in [1.54, 1.807) is 0 Å². The van der Waals surface area contributed by atoms with E-state index >= 15 is 0 Å². The molecule has 0 bridgehead atoms. The molecule has 254 valence electrons. The molecule has 1 nitrogen and oxygen atoms in total. The summed E-state index contributed by atoms with van der Waals surface area (Å²) in [4.78, 5) is 0. The Morgan fingerprint density at radius 2 is 0.725 bits per heavy atom. The van der Waals surface area contributed by atoms with E-state index < -0.39 is 13.2 Å². The molecule has 1 aliphatic heterocycles. The van der Waals surface area contributed by atoms with Gasteiger partial charge in [-0.2, -0.15) is 0 Å². The van der Waals surface area contributed by atoms with Gasteiger partial charge in [-0.25, -0.2) is 0 Å². The number of ether oxygens (including phenoxy) is 1. The molecule has 0 N–H and O–H groups in total. The van der Waals surface area contributed by atoms with E-state index in [0.717, 1.165) is 22.6 Å². The van der Waals surface area contributed by atoms with Gasteiger partial charge in [0.15, 0.2) is 0 Å². The van der Waals surface area contributed by atoms with Gasteiger partial charge in [-0.3, -0.25) is 0 Å². The molecule has 0 aromatic heterocycles. The predicted octanol–water partition coefficient (Wildman–Crippen LogP) is 12.3. The maximum absolute atomic E-state index is 7.31. The van der Waals surface area contributed by atoms with Crippen LogP contribution < -0.4 is 26.0 Å². The second-order valence-corrected chi connectivity index (χ2v) is 24.7. The molecule has 0 amide bonds. The fraction of sp³-hybridized carbons (Fsp3) is 0.0638. The molecule has 51 heavy (non-hydrogen) atoms. The Balaban J connectivity index is 1.42. The Bertz CT molecular complexity index is 1980. The molecule has 0 aliphatic carbocycles. The quantitative estimate of drug-likeness (QED) is 0.0679. The zero-order valence-corrected chi connectivity index (χ0v) is 32.8. The fourth-order valence-electron chi connectivity index (χ4n) is 8.14. The molecule has 0 radical (unpaired) electrons. The average Bonchev–Trinajstić information content (AvgIpc) is 3.21. The number of hydrogen-bond acceptors (Lipinski definition) is 1. The van der Waals surface area contributed by atoms with Gasteiger partial charge in [0.25, 0.3) is 0 Å². The molecular formula is C47H43IOP2. The molecule has 6 aromatic carbocycles. The third kappa shape index (κ3) is 5.34. The number of fused-ring (bicyclic) bond motifs is 2. The Morgan fingerprint density at radius 1 is 0.431 bits per heavy atom. The second kappa shape index (κ2) is 13.7. The molecule has 0 atom stereocenters. The number of para-hydroxylation sites is 2. The van der Waals surface area contributed by atoms with E-state index in [9.17, 15) is 0 Å². The molecule has 0 unspecified atom stereocenters. The summed E-state index contributed by atoms with van der Waals surface area (Å²) in [6.45, 7) is 11.8. The number of halogens is 1. The summed E-state index contributed by atoms with van der Waals surface area (Å²) in [5.41, 5.74) is 4.66. The minimum absolute atomic E-state index is 0.0973. The van der Waals surface area contributed by atoms with Crippen molar-refractivity contribution in [3.05, 3.63) is 230 Å². The third-order valence-corrected chi connectivity index (χ3v) is 24.0. The standard InChI is InChI=1S/C47H43IOP2/c1-5-50(6-2,39-25-13-9-14-26-39,40-27-15-10-16-28-40)35-37-23-21-33-43-45(48)44-34-22-24-38(47(44)49-46(37)43)36-51(7-3,8-4,41-29-17-11-18-30-41)42-31-19-12-20-32-42/h5-34,45H,1-4,35-36H2. The molecule has 0 fully saturated rings. The van der Waals surface area contributed by atoms with Crippen molar-refractivity contribution in [1.29, 1.82) is 0 Å². The van der Waals surface area contributed by atoms with Crippen LogP contribution in [0.5, 0.6) is 11.5 Å². The van der Waals surface area contributed by atoms with Crippen LogP contribution in [0.1, 0.15) is 26.2 Å². The molecule has 0 spiro atoms. The fourth-order valence-corrected chi connectivity index (χ4v) is 18.4. The van der Waals surface area contributed by atoms with E-state index in [1.165, 1.54) is 32.3 Å². The minimum atomic E-state index is -3.22. The summed E-state index contributed by atoms with van der Waals surface area (Å²) in [5, 5.41) is 4.95. The van der Waals surface area contributed by atoms with Crippen molar-refractivity contribution in [3.8, 4) is 11.5 Å². The van der Waals surface area contributed by atoms with Crippen LogP contribution in [-0.2, 0) is 12.3 Å². The molecule has 6 aromatic rings. The Morgan fingerprint density at radius 3 is 1.00 bits per heavy atom. The van der Waals surface area contributed by atoms with Crippen LogP contribution in [0.3, 0.4) is 0 Å². The number of rotatable bonds is 12. The first kappa shape index (κ1) is 35.1. The summed E-state index contributed by atoms with van der Waals surface area (Å²) < 4.78 is 7.41. The second-order valence-electron chi connectivity index (χ2n) is 13.4. The first-order valence-corrected chi connectivity index (χ1v) is 23.6. The number of benzene rings is 6. The van der Waals surface area contributed by atoms with Gasteiger partial charge in [-0.05, 0) is 0 Å². The Kier molecular flexibility index (Phi) is 9.40. The van der Waals surface area contributed by atoms with Gasteiger partial charge in [0.05, 0.1) is 0 Å². The van der Waals surface area contributed by atoms with Gasteiger partial charge in [-0.1, -0.05) is 0 Å². The average molecular weight is 813 g/mol. The summed E-state index contributed by atoms with van der Waals surface area (Å²) >= 11 is 2.60. The SMILES string of the molecule is C=CP(C=C)(Cc1cccc2c1Oc1c(CP(C=C)(C=C)(c3ccccc3)c3ccccc3)cccc1C2I)(c1ccccc1)c1ccccc1. The van der Waals surface area contributed by atoms with Gasteiger partial charge >= 0.3 is 319 Å². The van der Waals surface area contributed by atoms with Crippen LogP contribution >= 0.6 is 35.8 Å². The first-order chi connectivity index (χ1) is 24.9. The number of alkyl halides is 1. The van der Waals surface area contributed by atoms with Crippen molar-refractivity contribution in [2.24, 2.45) is 0 Å². The van der Waals surface area contributed by atoms with E-state index in [2.05, 4.69) is 230 Å². The van der Waals surface area contributed by atoms with Crippen molar-refractivity contribution >= 4 is 57.0 Å². The summed E-state index contributed by atoms with van der Waals surface area (Å²) in [5.74, 6) is 10.7. The summed E-state index contributed by atoms with van der Waals surface area (Å²) in [6, 6.07) is 56.4. The van der Waals surface area contributed by atoms with Crippen LogP contribution in [0.15, 0.2) is 207 Å². The summed E-state index contributed by atoms with van der Waals surface area (Å²) in [6.07, 6.45) is 1.42. The topological polar surface area (TPSA) is 9.23 Å². The van der Waals surface area contributed by atoms with Crippen molar-refractivity contribution < 1.29 is 4.74 Å². The zero-order chi connectivity index (χ0) is 35.6. The van der Waals surface area contributed by atoms with Gasteiger partial charge in [-0.15, -0.1) is 0 Å². The van der Waals surface area contributed by atoms with Crippen molar-refractivity contribution in [2.75, 3.05) is 0 Å². The van der Waals surface area contributed by atoms with Crippen LogP contribution in [-0.4, -0.2) is 0 Å². The van der Waals surface area contributed by atoms with Crippen LogP contribution in [0.25, 0.3) is 0 Å². The molecule has 7 rings (SSSR count). The van der Waals surface area contributed by atoms with Crippen LogP contribution in [0.2, 0.25) is 0 Å². The van der Waals surface area contributed by atoms with Gasteiger partial charge in [0, 0.05) is 0 Å². The van der Waals surface area contributed by atoms with Gasteiger partial charge in [0.2, 0.25) is 0 Å². The van der Waals surface area contributed by atoms with E-state index in [0.29, 0.717) is 12.3 Å². The Hall–Kier alpha value is -4.33. The normalized spacial score (nSPS) is 15.3. The monoisotopic (exact) mass is 812 g/mol. The van der Waals surface area contributed by atoms with E-state index in [1.807, 2.05) is 0 Å². The molecule has 1 heterocycles. The molecule has 1 aliphatic rings. The Labute approximate surface area is 317 Å². The molecule has 0 saturated carbocycles. The van der Waals surface area contributed by atoms with E-state index in [4.69, 9.17) is 4.74 Å². The predicted molar refractivity (Wildman–Crippen MR) is 235 cm³/mol. The first-order valence-electron chi connectivity index (χ1n) is 17.2. The van der Waals surface area contributed by atoms with Crippen LogP contribution in [0, 0.1) is 0 Å². The molecule has 4 heteroatoms. The zero-order valence-electron chi connectivity index (χ0n) is 28.8. The third-order valence-electron chi connectivity index (χ3n) is 11.2. The van der Waals surface area contributed by atoms with Gasteiger partial charge < -0.3 is 0 Å². The van der Waals surface area contributed by atoms with Crippen molar-refractivity contribution in [2.45, 2.75) is 16.2 Å². The maximum atomic E-state index is 7.31.